The van der Waals surface area contributed by atoms with Crippen molar-refractivity contribution in [3.05, 3.63) is 22.9 Å². The molecule has 1 saturated carbocycles. The Bertz CT molecular complexity index is 528. The van der Waals surface area contributed by atoms with Gasteiger partial charge in [0.1, 0.15) is 4.90 Å². The van der Waals surface area contributed by atoms with Gasteiger partial charge < -0.3 is 0 Å². The molecular weight excluding hydrogens is 318 g/mol. The standard InChI is InChI=1S/C9H9BrF2N2O2S/c10-6-1-8(5-13-4-6)17(15,16)14-7-2-9(11,12)3-7/h1,4-5,7,14H,2-3H2. The zero-order valence-corrected chi connectivity index (χ0v) is 10.9. The molecule has 8 heteroatoms. The topological polar surface area (TPSA) is 59.1 Å². The van der Waals surface area contributed by atoms with Crippen molar-refractivity contribution >= 4 is 26.0 Å². The van der Waals surface area contributed by atoms with Gasteiger partial charge in [0.15, 0.2) is 0 Å². The number of rotatable bonds is 3. The SMILES string of the molecule is O=S(=O)(NC1CC(F)(F)C1)c1cncc(Br)c1. The zero-order valence-electron chi connectivity index (χ0n) is 8.53. The van der Waals surface area contributed by atoms with E-state index in [9.17, 15) is 17.2 Å². The Morgan fingerprint density at radius 3 is 2.59 bits per heavy atom. The molecule has 1 N–H and O–H groups in total. The largest absolute Gasteiger partial charge is 0.262 e. The Labute approximate surface area is 106 Å². The molecule has 1 aliphatic rings. The van der Waals surface area contributed by atoms with E-state index < -0.39 is 34.8 Å². The molecule has 1 fully saturated rings. The van der Waals surface area contributed by atoms with E-state index >= 15 is 0 Å². The number of aromatic nitrogens is 1. The summed E-state index contributed by atoms with van der Waals surface area (Å²) in [6, 6.07) is 0.667. The molecule has 0 atom stereocenters. The minimum absolute atomic E-state index is 0.0397. The lowest BCUT2D eigenvalue weighted by Crippen LogP contribution is -2.50. The molecule has 0 aliphatic heterocycles. The number of pyridine rings is 1. The van der Waals surface area contributed by atoms with E-state index in [1.165, 1.54) is 18.5 Å². The van der Waals surface area contributed by atoms with E-state index in [1.807, 2.05) is 0 Å². The summed E-state index contributed by atoms with van der Waals surface area (Å²) in [5, 5.41) is 0. The van der Waals surface area contributed by atoms with Crippen LogP contribution in [0.2, 0.25) is 0 Å². The first-order valence-corrected chi connectivity index (χ1v) is 7.07. The highest BCUT2D eigenvalue weighted by molar-refractivity contribution is 9.10. The maximum absolute atomic E-state index is 12.6. The number of nitrogens with one attached hydrogen (secondary N) is 1. The van der Waals surface area contributed by atoms with Gasteiger partial charge >= 0.3 is 0 Å². The van der Waals surface area contributed by atoms with Gasteiger partial charge in [0, 0.05) is 35.7 Å². The van der Waals surface area contributed by atoms with Crippen LogP contribution in [0.15, 0.2) is 27.8 Å². The van der Waals surface area contributed by atoms with Gasteiger partial charge in [-0.3, -0.25) is 4.98 Å². The van der Waals surface area contributed by atoms with Crippen molar-refractivity contribution in [2.45, 2.75) is 29.7 Å². The molecular formula is C9H9BrF2N2O2S. The van der Waals surface area contributed by atoms with E-state index in [4.69, 9.17) is 0 Å². The molecule has 0 radical (unpaired) electrons. The van der Waals surface area contributed by atoms with Crippen molar-refractivity contribution in [1.29, 1.82) is 0 Å². The van der Waals surface area contributed by atoms with Crippen LogP contribution in [-0.4, -0.2) is 25.4 Å². The van der Waals surface area contributed by atoms with Crippen molar-refractivity contribution in [3.8, 4) is 0 Å². The maximum atomic E-state index is 12.6. The number of hydrogen-bond donors (Lipinski definition) is 1. The molecule has 2 rings (SSSR count). The fraction of sp³-hybridized carbons (Fsp3) is 0.444. The molecule has 1 aliphatic carbocycles. The molecule has 94 valence electrons. The summed E-state index contributed by atoms with van der Waals surface area (Å²) in [4.78, 5) is 3.68. The van der Waals surface area contributed by atoms with Crippen LogP contribution in [0.25, 0.3) is 0 Å². The summed E-state index contributed by atoms with van der Waals surface area (Å²) in [6.07, 6.45) is 1.71. The first-order valence-electron chi connectivity index (χ1n) is 4.79. The number of alkyl halides is 2. The number of nitrogens with zero attached hydrogens (tertiary/aromatic N) is 1. The van der Waals surface area contributed by atoms with Crippen molar-refractivity contribution < 1.29 is 17.2 Å². The van der Waals surface area contributed by atoms with Crippen molar-refractivity contribution in [2.75, 3.05) is 0 Å². The molecule has 0 aromatic carbocycles. The molecule has 0 bridgehead atoms. The predicted octanol–water partition coefficient (Wildman–Crippen LogP) is 1.92. The van der Waals surface area contributed by atoms with E-state index in [-0.39, 0.29) is 4.90 Å². The Morgan fingerprint density at radius 2 is 2.06 bits per heavy atom. The second kappa shape index (κ2) is 4.25. The van der Waals surface area contributed by atoms with Gasteiger partial charge in [0.2, 0.25) is 10.0 Å². The fourth-order valence-electron chi connectivity index (χ4n) is 1.57. The summed E-state index contributed by atoms with van der Waals surface area (Å²) >= 11 is 3.10. The Kier molecular flexibility index (Phi) is 3.21. The summed E-state index contributed by atoms with van der Waals surface area (Å²) in [5.41, 5.74) is 0. The maximum Gasteiger partial charge on any atom is 0.251 e. The first kappa shape index (κ1) is 12.8. The van der Waals surface area contributed by atoms with E-state index in [0.717, 1.165) is 0 Å². The highest BCUT2D eigenvalue weighted by atomic mass is 79.9. The van der Waals surface area contributed by atoms with E-state index in [2.05, 4.69) is 25.6 Å². The summed E-state index contributed by atoms with van der Waals surface area (Å²) in [5.74, 6) is -2.75. The van der Waals surface area contributed by atoms with Gasteiger partial charge in [-0.2, -0.15) is 0 Å². The average molecular weight is 327 g/mol. The molecule has 17 heavy (non-hydrogen) atoms. The molecule has 4 nitrogen and oxygen atoms in total. The molecule has 0 saturated heterocycles. The highest BCUT2D eigenvalue weighted by Crippen LogP contribution is 2.38. The minimum Gasteiger partial charge on any atom is -0.262 e. The lowest BCUT2D eigenvalue weighted by atomic mass is 9.89. The van der Waals surface area contributed by atoms with Crippen LogP contribution in [0.4, 0.5) is 8.78 Å². The van der Waals surface area contributed by atoms with Gasteiger partial charge in [-0.25, -0.2) is 21.9 Å². The zero-order chi connectivity index (χ0) is 12.7. The molecule has 1 heterocycles. The summed E-state index contributed by atoms with van der Waals surface area (Å²) < 4.78 is 51.5. The lowest BCUT2D eigenvalue weighted by Gasteiger charge is -2.34. The molecule has 1 aromatic rings. The monoisotopic (exact) mass is 326 g/mol. The summed E-state index contributed by atoms with van der Waals surface area (Å²) in [6.45, 7) is 0. The molecule has 0 amide bonds. The van der Waals surface area contributed by atoms with Crippen LogP contribution in [0, 0.1) is 0 Å². The fourth-order valence-corrected chi connectivity index (χ4v) is 3.31. The molecule has 0 unspecified atom stereocenters. The second-order valence-corrected chi connectivity index (χ2v) is 6.55. The Balaban J connectivity index is 2.10. The van der Waals surface area contributed by atoms with Gasteiger partial charge in [-0.1, -0.05) is 0 Å². The molecule has 1 aromatic heterocycles. The second-order valence-electron chi connectivity index (χ2n) is 3.92. The summed E-state index contributed by atoms with van der Waals surface area (Å²) in [7, 11) is -3.77. The number of halogens is 3. The van der Waals surface area contributed by atoms with Crippen LogP contribution in [0.3, 0.4) is 0 Å². The minimum atomic E-state index is -3.77. The van der Waals surface area contributed by atoms with Gasteiger partial charge in [-0.15, -0.1) is 0 Å². The predicted molar refractivity (Wildman–Crippen MR) is 60.2 cm³/mol. The quantitative estimate of drug-likeness (QED) is 0.923. The van der Waals surface area contributed by atoms with Crippen LogP contribution in [-0.2, 0) is 10.0 Å². The third-order valence-electron chi connectivity index (χ3n) is 2.40. The normalized spacial score (nSPS) is 19.9. The van der Waals surface area contributed by atoms with Crippen LogP contribution < -0.4 is 4.72 Å². The highest BCUT2D eigenvalue weighted by Gasteiger charge is 2.46. The first-order chi connectivity index (χ1) is 7.78. The van der Waals surface area contributed by atoms with Crippen molar-refractivity contribution in [2.24, 2.45) is 0 Å². The third kappa shape index (κ3) is 2.99. The van der Waals surface area contributed by atoms with Crippen LogP contribution in [0.5, 0.6) is 0 Å². The van der Waals surface area contributed by atoms with Gasteiger partial charge in [-0.05, 0) is 22.0 Å². The number of hydrogen-bond acceptors (Lipinski definition) is 3. The smallest absolute Gasteiger partial charge is 0.251 e. The van der Waals surface area contributed by atoms with Crippen LogP contribution in [0.1, 0.15) is 12.8 Å². The number of sulfonamides is 1. The van der Waals surface area contributed by atoms with Crippen LogP contribution >= 0.6 is 15.9 Å². The van der Waals surface area contributed by atoms with Gasteiger partial charge in [0.05, 0.1) is 0 Å². The van der Waals surface area contributed by atoms with E-state index in [1.54, 1.807) is 0 Å². The Hall–Kier alpha value is -0.600. The average Bonchev–Trinajstić information content (AvgIpc) is 2.14. The third-order valence-corrected chi connectivity index (χ3v) is 4.32. The van der Waals surface area contributed by atoms with Gasteiger partial charge in [0.25, 0.3) is 5.92 Å². The lowest BCUT2D eigenvalue weighted by molar-refractivity contribution is -0.0876. The molecule has 0 spiro atoms. The Morgan fingerprint density at radius 1 is 1.41 bits per heavy atom. The van der Waals surface area contributed by atoms with Crippen molar-refractivity contribution in [1.82, 2.24) is 9.71 Å². The van der Waals surface area contributed by atoms with E-state index in [0.29, 0.717) is 4.47 Å². The van der Waals surface area contributed by atoms with Crippen molar-refractivity contribution in [3.63, 3.8) is 0 Å².